The summed E-state index contributed by atoms with van der Waals surface area (Å²) in [5.41, 5.74) is 0. The average Bonchev–Trinajstić information content (AvgIpc) is 2.90. The van der Waals surface area contributed by atoms with Gasteiger partial charge in [0.1, 0.15) is 6.54 Å². The predicted molar refractivity (Wildman–Crippen MR) is 90.8 cm³/mol. The second-order valence-corrected chi connectivity index (χ2v) is 6.05. The molecule has 9 nitrogen and oxygen atoms in total. The number of carbonyl (C=O) groups is 2. The lowest BCUT2D eigenvalue weighted by Crippen LogP contribution is -2.37. The topological polar surface area (TPSA) is 110 Å². The third-order valence-corrected chi connectivity index (χ3v) is 4.03. The number of hydrogen-bond donors (Lipinski definition) is 1. The summed E-state index contributed by atoms with van der Waals surface area (Å²) in [5.74, 6) is -0.149. The predicted octanol–water partition coefficient (Wildman–Crippen LogP) is 1.74. The summed E-state index contributed by atoms with van der Waals surface area (Å²) in [5, 5.41) is 13.3. The number of rotatable bonds is 8. The average molecular weight is 357 g/mol. The molecule has 0 saturated carbocycles. The molecule has 3 amide bonds. The van der Waals surface area contributed by atoms with Gasteiger partial charge in [-0.3, -0.25) is 14.9 Å². The molecule has 0 fully saturated rings. The Labute approximate surface area is 144 Å². The molecule has 1 aromatic heterocycles. The van der Waals surface area contributed by atoms with E-state index in [1.54, 1.807) is 11.8 Å². The van der Waals surface area contributed by atoms with Gasteiger partial charge in [-0.1, -0.05) is 13.8 Å². The Balaban J connectivity index is 3.10. The van der Waals surface area contributed by atoms with Crippen LogP contribution in [0.15, 0.2) is 11.2 Å². The summed E-state index contributed by atoms with van der Waals surface area (Å²) >= 11 is 0.768. The number of thiazole rings is 1. The first-order valence-electron chi connectivity index (χ1n) is 7.87. The number of carbonyl (C=O) groups excluding carboxylic acids is 2. The standard InChI is InChI=1S/C14H23N5O4S/c1-4-7-17(8-5-2)11(20)9-18-10-12(19(22)23)24-14(18)16-13(21)15-6-3/h10H,4-9H2,1-3H3,(H,15,21)/b16-14+. The minimum Gasteiger partial charge on any atom is -0.341 e. The molecule has 1 aromatic rings. The summed E-state index contributed by atoms with van der Waals surface area (Å²) < 4.78 is 1.36. The van der Waals surface area contributed by atoms with Gasteiger partial charge in [0.05, 0.1) is 11.1 Å². The second kappa shape index (κ2) is 9.81. The number of urea groups is 1. The Morgan fingerprint density at radius 2 is 1.96 bits per heavy atom. The SMILES string of the molecule is CCCN(CCC)C(=O)Cn1cc([N+](=O)[O-])s/c1=N/C(=O)NCC. The number of nitro groups is 1. The fourth-order valence-corrected chi connectivity index (χ4v) is 2.88. The fraction of sp³-hybridized carbons (Fsp3) is 0.643. The Morgan fingerprint density at radius 1 is 1.33 bits per heavy atom. The van der Waals surface area contributed by atoms with Crippen LogP contribution in [-0.2, 0) is 11.3 Å². The lowest BCUT2D eigenvalue weighted by molar-refractivity contribution is -0.380. The minimum absolute atomic E-state index is 0.0808. The first kappa shape index (κ1) is 19.8. The van der Waals surface area contributed by atoms with Crippen LogP contribution in [-0.4, -0.2) is 46.0 Å². The second-order valence-electron chi connectivity index (χ2n) is 5.07. The highest BCUT2D eigenvalue weighted by atomic mass is 32.1. The van der Waals surface area contributed by atoms with Crippen molar-refractivity contribution in [3.8, 4) is 0 Å². The van der Waals surface area contributed by atoms with Gasteiger partial charge in [0.25, 0.3) is 0 Å². The largest absolute Gasteiger partial charge is 0.343 e. The zero-order chi connectivity index (χ0) is 18.1. The molecule has 0 saturated heterocycles. The van der Waals surface area contributed by atoms with E-state index in [9.17, 15) is 19.7 Å². The molecule has 0 aliphatic rings. The number of nitrogens with one attached hydrogen (secondary N) is 1. The van der Waals surface area contributed by atoms with E-state index >= 15 is 0 Å². The maximum atomic E-state index is 12.4. The summed E-state index contributed by atoms with van der Waals surface area (Å²) in [6, 6.07) is -0.589. The monoisotopic (exact) mass is 357 g/mol. The molecule has 0 radical (unpaired) electrons. The van der Waals surface area contributed by atoms with Crippen LogP contribution in [0.3, 0.4) is 0 Å². The highest BCUT2D eigenvalue weighted by Gasteiger charge is 2.18. The van der Waals surface area contributed by atoms with Crippen molar-refractivity contribution in [1.29, 1.82) is 0 Å². The van der Waals surface area contributed by atoms with E-state index in [4.69, 9.17) is 0 Å². The van der Waals surface area contributed by atoms with Gasteiger partial charge in [0.15, 0.2) is 0 Å². The first-order chi connectivity index (χ1) is 11.4. The Bertz CT molecular complexity index is 646. The summed E-state index contributed by atoms with van der Waals surface area (Å²) in [6.45, 7) is 7.28. The molecule has 0 aliphatic heterocycles. The van der Waals surface area contributed by atoms with Crippen molar-refractivity contribution in [3.05, 3.63) is 21.1 Å². The fourth-order valence-electron chi connectivity index (χ4n) is 2.08. The van der Waals surface area contributed by atoms with Crippen LogP contribution in [0.25, 0.3) is 0 Å². The quantitative estimate of drug-likeness (QED) is 0.564. The van der Waals surface area contributed by atoms with Crippen molar-refractivity contribution in [2.75, 3.05) is 19.6 Å². The maximum Gasteiger partial charge on any atom is 0.343 e. The van der Waals surface area contributed by atoms with E-state index in [2.05, 4.69) is 10.3 Å². The molecule has 0 aromatic carbocycles. The lowest BCUT2D eigenvalue weighted by atomic mass is 10.3. The van der Waals surface area contributed by atoms with Crippen LogP contribution < -0.4 is 10.1 Å². The maximum absolute atomic E-state index is 12.4. The van der Waals surface area contributed by atoms with Gasteiger partial charge in [0.2, 0.25) is 10.7 Å². The van der Waals surface area contributed by atoms with Crippen molar-refractivity contribution in [2.45, 2.75) is 40.2 Å². The molecule has 134 valence electrons. The molecular weight excluding hydrogens is 334 g/mol. The number of nitrogens with zero attached hydrogens (tertiary/aromatic N) is 4. The zero-order valence-electron chi connectivity index (χ0n) is 14.2. The van der Waals surface area contributed by atoms with E-state index in [0.29, 0.717) is 19.6 Å². The van der Waals surface area contributed by atoms with Gasteiger partial charge in [-0.05, 0) is 31.1 Å². The van der Waals surface area contributed by atoms with Crippen LogP contribution >= 0.6 is 11.3 Å². The number of aromatic nitrogens is 1. The molecule has 1 heterocycles. The third-order valence-electron chi connectivity index (χ3n) is 3.06. The van der Waals surface area contributed by atoms with Crippen molar-refractivity contribution >= 4 is 28.3 Å². The van der Waals surface area contributed by atoms with Gasteiger partial charge >= 0.3 is 11.0 Å². The Kier molecular flexibility index (Phi) is 8.10. The molecule has 0 spiro atoms. The molecule has 0 unspecified atom stereocenters. The van der Waals surface area contributed by atoms with Gasteiger partial charge in [-0.15, -0.1) is 0 Å². The third kappa shape index (κ3) is 5.76. The lowest BCUT2D eigenvalue weighted by Gasteiger charge is -2.21. The highest BCUT2D eigenvalue weighted by molar-refractivity contribution is 7.12. The van der Waals surface area contributed by atoms with Gasteiger partial charge in [-0.2, -0.15) is 4.99 Å². The van der Waals surface area contributed by atoms with Crippen LogP contribution in [0.1, 0.15) is 33.6 Å². The highest BCUT2D eigenvalue weighted by Crippen LogP contribution is 2.14. The summed E-state index contributed by atoms with van der Waals surface area (Å²) in [4.78, 5) is 40.1. The molecule has 10 heteroatoms. The van der Waals surface area contributed by atoms with Crippen molar-refractivity contribution in [2.24, 2.45) is 4.99 Å². The molecule has 1 N–H and O–H groups in total. The van der Waals surface area contributed by atoms with Gasteiger partial charge in [-0.25, -0.2) is 4.79 Å². The normalized spacial score (nSPS) is 11.4. The van der Waals surface area contributed by atoms with Crippen LogP contribution in [0, 0.1) is 10.1 Å². The van der Waals surface area contributed by atoms with E-state index in [0.717, 1.165) is 24.2 Å². The van der Waals surface area contributed by atoms with Crippen LogP contribution in [0.5, 0.6) is 0 Å². The minimum atomic E-state index is -0.589. The van der Waals surface area contributed by atoms with Crippen LogP contribution in [0.2, 0.25) is 0 Å². The Morgan fingerprint density at radius 3 is 2.46 bits per heavy atom. The molecule has 1 rings (SSSR count). The molecule has 24 heavy (non-hydrogen) atoms. The Hall–Kier alpha value is -2.23. The van der Waals surface area contributed by atoms with E-state index < -0.39 is 11.0 Å². The van der Waals surface area contributed by atoms with Crippen molar-refractivity contribution in [1.82, 2.24) is 14.8 Å². The van der Waals surface area contributed by atoms with Crippen LogP contribution in [0.4, 0.5) is 9.80 Å². The van der Waals surface area contributed by atoms with E-state index in [-0.39, 0.29) is 22.3 Å². The van der Waals surface area contributed by atoms with E-state index in [1.807, 2.05) is 13.8 Å². The van der Waals surface area contributed by atoms with E-state index in [1.165, 1.54) is 10.8 Å². The molecule has 0 atom stereocenters. The van der Waals surface area contributed by atoms with Crippen molar-refractivity contribution < 1.29 is 14.5 Å². The summed E-state index contributed by atoms with van der Waals surface area (Å²) in [6.07, 6.45) is 2.91. The number of amides is 3. The summed E-state index contributed by atoms with van der Waals surface area (Å²) in [7, 11) is 0. The van der Waals surface area contributed by atoms with Gasteiger partial charge in [0, 0.05) is 19.6 Å². The smallest absolute Gasteiger partial charge is 0.341 e. The molecular formula is C14H23N5O4S. The first-order valence-corrected chi connectivity index (χ1v) is 8.69. The van der Waals surface area contributed by atoms with Crippen molar-refractivity contribution in [3.63, 3.8) is 0 Å². The number of hydrogen-bond acceptors (Lipinski definition) is 5. The van der Waals surface area contributed by atoms with Gasteiger partial charge < -0.3 is 14.8 Å². The molecule has 0 aliphatic carbocycles. The molecule has 0 bridgehead atoms. The zero-order valence-corrected chi connectivity index (χ0v) is 15.0.